The number of carboxylic acid groups (broad SMARTS) is 1. The summed E-state index contributed by atoms with van der Waals surface area (Å²) in [4.78, 5) is 10.5. The number of alkyl halides is 7. The van der Waals surface area contributed by atoms with Crippen LogP contribution in [0.25, 0.3) is 0 Å². The van der Waals surface area contributed by atoms with Crippen LogP contribution in [0.2, 0.25) is 0 Å². The Kier molecular flexibility index (Phi) is 5.85. The van der Waals surface area contributed by atoms with Crippen molar-refractivity contribution < 1.29 is 40.6 Å². The highest BCUT2D eigenvalue weighted by Crippen LogP contribution is 2.55. The van der Waals surface area contributed by atoms with E-state index >= 15 is 0 Å². The number of aromatic carboxylic acids is 1. The van der Waals surface area contributed by atoms with Gasteiger partial charge < -0.3 is 5.11 Å². The summed E-state index contributed by atoms with van der Waals surface area (Å²) in [6.07, 6.45) is -12.7. The second-order valence-electron chi connectivity index (χ2n) is 4.71. The van der Waals surface area contributed by atoms with Crippen LogP contribution in [0.15, 0.2) is 17.0 Å². The Morgan fingerprint density at radius 1 is 1.04 bits per heavy atom. The highest BCUT2D eigenvalue weighted by Gasteiger charge is 2.74. The molecule has 24 heavy (non-hydrogen) atoms. The average molecular weight is 378 g/mol. The van der Waals surface area contributed by atoms with Crippen LogP contribution in [-0.4, -0.2) is 29.2 Å². The van der Waals surface area contributed by atoms with Crippen LogP contribution in [0, 0.1) is 0 Å². The maximum atomic E-state index is 14.4. The zero-order valence-electron chi connectivity index (χ0n) is 12.5. The largest absolute Gasteiger partial charge is 0.478 e. The van der Waals surface area contributed by atoms with E-state index in [0.717, 1.165) is 0 Å². The summed E-state index contributed by atoms with van der Waals surface area (Å²) >= 11 is 0.540. The molecule has 0 fully saturated rings. The first kappa shape index (κ1) is 20.6. The zero-order valence-corrected chi connectivity index (χ0v) is 13.3. The van der Waals surface area contributed by atoms with Crippen molar-refractivity contribution in [1.82, 2.24) is 0 Å². The fourth-order valence-electron chi connectivity index (χ4n) is 2.23. The molecule has 0 saturated carbocycles. The maximum Gasteiger partial charge on any atom is 0.435 e. The number of carbonyl (C=O) groups is 1. The van der Waals surface area contributed by atoms with Gasteiger partial charge in [-0.1, -0.05) is 19.9 Å². The van der Waals surface area contributed by atoms with E-state index in [4.69, 9.17) is 5.11 Å². The fourth-order valence-corrected chi connectivity index (χ4v) is 3.31. The minimum atomic E-state index is -6.25. The van der Waals surface area contributed by atoms with Crippen LogP contribution in [-0.2, 0) is 12.1 Å². The molecule has 10 heteroatoms. The van der Waals surface area contributed by atoms with Crippen molar-refractivity contribution in [2.45, 2.75) is 43.2 Å². The van der Waals surface area contributed by atoms with E-state index in [9.17, 15) is 35.5 Å². The summed E-state index contributed by atoms with van der Waals surface area (Å²) in [6, 6.07) is 0.823. The van der Waals surface area contributed by atoms with E-state index in [2.05, 4.69) is 0 Å². The smallest absolute Gasteiger partial charge is 0.435 e. The summed E-state index contributed by atoms with van der Waals surface area (Å²) in [7, 11) is 0. The number of rotatable bonds is 5. The summed E-state index contributed by atoms with van der Waals surface area (Å²) in [5, 5.41) is 9.06. The number of thioether (sulfide) groups is 1. The summed E-state index contributed by atoms with van der Waals surface area (Å²) in [5.74, 6) is -1.48. The molecule has 0 unspecified atom stereocenters. The second kappa shape index (κ2) is 6.81. The monoisotopic (exact) mass is 378 g/mol. The topological polar surface area (TPSA) is 37.3 Å². The Hall–Kier alpha value is -1.45. The van der Waals surface area contributed by atoms with Gasteiger partial charge in [-0.2, -0.15) is 26.3 Å². The first-order valence-electron chi connectivity index (χ1n) is 6.67. The van der Waals surface area contributed by atoms with E-state index in [1.54, 1.807) is 0 Å². The number of hydrogen-bond acceptors (Lipinski definition) is 2. The highest BCUT2D eigenvalue weighted by molar-refractivity contribution is 7.99. The second-order valence-corrected chi connectivity index (χ2v) is 5.99. The van der Waals surface area contributed by atoms with Gasteiger partial charge in [-0.25, -0.2) is 9.18 Å². The standard InChI is InChI=1S/C14H13F7O2S/c1-3-7-8(11(22)23)5-6-9(10(7)24-4-2)12(15,13(16,17)18)14(19,20)21/h5-6H,3-4H2,1-2H3,(H,22,23). The molecule has 0 spiro atoms. The van der Waals surface area contributed by atoms with Crippen LogP contribution >= 0.6 is 11.8 Å². The van der Waals surface area contributed by atoms with Gasteiger partial charge in [0.05, 0.1) is 5.56 Å². The fraction of sp³-hybridized carbons (Fsp3) is 0.500. The molecule has 0 aliphatic heterocycles. The first-order chi connectivity index (χ1) is 10.8. The van der Waals surface area contributed by atoms with Gasteiger partial charge in [-0.15, -0.1) is 11.8 Å². The third kappa shape index (κ3) is 3.33. The molecule has 0 aliphatic carbocycles. The lowest BCUT2D eigenvalue weighted by molar-refractivity contribution is -0.349. The Bertz CT molecular complexity index is 609. The van der Waals surface area contributed by atoms with Crippen molar-refractivity contribution in [3.63, 3.8) is 0 Å². The van der Waals surface area contributed by atoms with E-state index < -0.39 is 40.0 Å². The van der Waals surface area contributed by atoms with Crippen LogP contribution in [0.1, 0.15) is 35.3 Å². The molecule has 2 nitrogen and oxygen atoms in total. The van der Waals surface area contributed by atoms with Crippen LogP contribution in [0.5, 0.6) is 0 Å². The predicted octanol–water partition coefficient (Wildman–Crippen LogP) is 5.35. The number of carboxylic acids is 1. The Morgan fingerprint density at radius 2 is 1.54 bits per heavy atom. The Labute approximate surface area is 137 Å². The molecule has 0 bridgehead atoms. The van der Waals surface area contributed by atoms with Crippen molar-refractivity contribution in [2.75, 3.05) is 5.75 Å². The lowest BCUT2D eigenvalue weighted by atomic mass is 9.90. The van der Waals surface area contributed by atoms with Gasteiger partial charge in [-0.3, -0.25) is 0 Å². The molecule has 1 aromatic rings. The third-order valence-electron chi connectivity index (χ3n) is 3.29. The summed E-state index contributed by atoms with van der Waals surface area (Å²) < 4.78 is 92.2. The Balaban J connectivity index is 3.89. The number of halogens is 7. The normalized spacial score (nSPS) is 13.2. The number of hydrogen-bond donors (Lipinski definition) is 1. The van der Waals surface area contributed by atoms with Crippen LogP contribution in [0.3, 0.4) is 0 Å². The highest BCUT2D eigenvalue weighted by atomic mass is 32.2. The molecule has 1 rings (SSSR count). The van der Waals surface area contributed by atoms with Gasteiger partial charge in [0.15, 0.2) is 0 Å². The van der Waals surface area contributed by atoms with E-state index in [1.165, 1.54) is 13.8 Å². The predicted molar refractivity (Wildman–Crippen MR) is 74.1 cm³/mol. The molecule has 0 aromatic heterocycles. The molecule has 0 heterocycles. The zero-order chi connectivity index (χ0) is 18.9. The summed E-state index contributed by atoms with van der Waals surface area (Å²) in [5.41, 5.74) is -7.93. The molecule has 0 atom stereocenters. The van der Waals surface area contributed by atoms with Crippen molar-refractivity contribution in [3.8, 4) is 0 Å². The van der Waals surface area contributed by atoms with Crippen molar-refractivity contribution >= 4 is 17.7 Å². The van der Waals surface area contributed by atoms with Crippen molar-refractivity contribution in [3.05, 3.63) is 28.8 Å². The van der Waals surface area contributed by atoms with E-state index in [1.807, 2.05) is 0 Å². The lowest BCUT2D eigenvalue weighted by Crippen LogP contribution is -2.50. The molecule has 136 valence electrons. The molecule has 0 amide bonds. The molecule has 0 aliphatic rings. The molecule has 1 N–H and O–H groups in total. The molecular formula is C14H13F7O2S. The minimum Gasteiger partial charge on any atom is -0.478 e. The van der Waals surface area contributed by atoms with Gasteiger partial charge in [0.1, 0.15) is 0 Å². The van der Waals surface area contributed by atoms with Crippen LogP contribution < -0.4 is 0 Å². The molecular weight excluding hydrogens is 365 g/mol. The molecule has 1 aromatic carbocycles. The average Bonchev–Trinajstić information content (AvgIpc) is 2.43. The maximum absolute atomic E-state index is 14.4. The van der Waals surface area contributed by atoms with Crippen molar-refractivity contribution in [1.29, 1.82) is 0 Å². The minimum absolute atomic E-state index is 0.0366. The van der Waals surface area contributed by atoms with E-state index in [-0.39, 0.29) is 23.8 Å². The van der Waals surface area contributed by atoms with Crippen molar-refractivity contribution in [2.24, 2.45) is 0 Å². The molecule has 0 saturated heterocycles. The van der Waals surface area contributed by atoms with Gasteiger partial charge in [-0.05, 0) is 23.8 Å². The van der Waals surface area contributed by atoms with Gasteiger partial charge in [0.25, 0.3) is 0 Å². The summed E-state index contributed by atoms with van der Waals surface area (Å²) in [6.45, 7) is 2.81. The SMILES string of the molecule is CCSc1c(C(F)(C(F)(F)F)C(F)(F)F)ccc(C(=O)O)c1CC. The van der Waals surface area contributed by atoms with Gasteiger partial charge in [0, 0.05) is 10.5 Å². The number of benzene rings is 1. The lowest BCUT2D eigenvalue weighted by Gasteiger charge is -2.32. The van der Waals surface area contributed by atoms with E-state index in [0.29, 0.717) is 17.8 Å². The van der Waals surface area contributed by atoms with Gasteiger partial charge in [0.2, 0.25) is 0 Å². The quantitative estimate of drug-likeness (QED) is 0.555. The van der Waals surface area contributed by atoms with Crippen LogP contribution in [0.4, 0.5) is 30.7 Å². The Morgan fingerprint density at radius 3 is 1.88 bits per heavy atom. The van der Waals surface area contributed by atoms with Gasteiger partial charge >= 0.3 is 24.0 Å². The molecule has 0 radical (unpaired) electrons. The first-order valence-corrected chi connectivity index (χ1v) is 7.66. The third-order valence-corrected chi connectivity index (χ3v) is 4.33.